The molecule has 0 heterocycles. The molecule has 0 radical (unpaired) electrons. The highest BCUT2D eigenvalue weighted by molar-refractivity contribution is 5.82. The summed E-state index contributed by atoms with van der Waals surface area (Å²) in [4.78, 5) is 24.3. The Balaban J connectivity index is 1.71. The molecular formula is C22H25NO4. The van der Waals surface area contributed by atoms with Crippen LogP contribution in [0.1, 0.15) is 37.3 Å². The number of methoxy groups -OCH3 is 1. The fourth-order valence-corrected chi connectivity index (χ4v) is 3.56. The molecule has 5 heteroatoms. The Morgan fingerprint density at radius 1 is 1.04 bits per heavy atom. The van der Waals surface area contributed by atoms with Gasteiger partial charge in [-0.1, -0.05) is 68.8 Å². The Morgan fingerprint density at radius 2 is 1.59 bits per heavy atom. The van der Waals surface area contributed by atoms with E-state index in [1.807, 2.05) is 38.1 Å². The fraction of sp³-hybridized carbons (Fsp3) is 0.364. The smallest absolute Gasteiger partial charge is 0.407 e. The number of fused-ring (bicyclic) bond motifs is 3. The number of rotatable bonds is 6. The van der Waals surface area contributed by atoms with Crippen LogP contribution in [0.15, 0.2) is 48.5 Å². The van der Waals surface area contributed by atoms with Crippen LogP contribution in [0.3, 0.4) is 0 Å². The molecule has 3 rings (SSSR count). The number of nitrogens with one attached hydrogen (secondary N) is 1. The van der Waals surface area contributed by atoms with Crippen molar-refractivity contribution in [3.63, 3.8) is 0 Å². The molecule has 1 N–H and O–H groups in total. The molecule has 1 amide bonds. The molecular weight excluding hydrogens is 342 g/mol. The predicted octanol–water partition coefficient (Wildman–Crippen LogP) is 4.11. The molecule has 0 saturated heterocycles. The second-order valence-electron chi connectivity index (χ2n) is 6.86. The average Bonchev–Trinajstić information content (AvgIpc) is 3.03. The van der Waals surface area contributed by atoms with E-state index in [-0.39, 0.29) is 18.4 Å². The lowest BCUT2D eigenvalue weighted by atomic mass is 9.98. The molecule has 0 bridgehead atoms. The van der Waals surface area contributed by atoms with Gasteiger partial charge in [0.25, 0.3) is 0 Å². The first-order valence-corrected chi connectivity index (χ1v) is 9.26. The van der Waals surface area contributed by atoms with Crippen LogP contribution in [0.25, 0.3) is 11.1 Å². The van der Waals surface area contributed by atoms with E-state index in [0.29, 0.717) is 0 Å². The Morgan fingerprint density at radius 3 is 2.11 bits per heavy atom. The van der Waals surface area contributed by atoms with Crippen LogP contribution < -0.4 is 5.32 Å². The SMILES string of the molecule is CCC(C)[C@H](NC(=O)OCC1c2ccccc2-c2ccccc21)C(=O)OC. The van der Waals surface area contributed by atoms with E-state index in [1.165, 1.54) is 18.2 Å². The Bertz CT molecular complexity index is 787. The number of alkyl carbamates (subject to hydrolysis) is 1. The summed E-state index contributed by atoms with van der Waals surface area (Å²) in [6, 6.07) is 15.6. The average molecular weight is 367 g/mol. The second kappa shape index (κ2) is 8.25. The number of esters is 1. The van der Waals surface area contributed by atoms with Crippen LogP contribution in [-0.4, -0.2) is 31.8 Å². The molecule has 1 aliphatic carbocycles. The summed E-state index contributed by atoms with van der Waals surface area (Å²) in [7, 11) is 1.32. The first-order chi connectivity index (χ1) is 13.1. The maximum atomic E-state index is 12.3. The van der Waals surface area contributed by atoms with E-state index in [9.17, 15) is 9.59 Å². The van der Waals surface area contributed by atoms with Crippen molar-refractivity contribution in [3.8, 4) is 11.1 Å². The van der Waals surface area contributed by atoms with Gasteiger partial charge in [-0.2, -0.15) is 0 Å². The van der Waals surface area contributed by atoms with Crippen molar-refractivity contribution in [1.29, 1.82) is 0 Å². The van der Waals surface area contributed by atoms with E-state index in [0.717, 1.165) is 17.5 Å². The monoisotopic (exact) mass is 367 g/mol. The van der Waals surface area contributed by atoms with Gasteiger partial charge in [0, 0.05) is 5.92 Å². The minimum atomic E-state index is -0.712. The molecule has 2 atom stereocenters. The molecule has 0 saturated carbocycles. The van der Waals surface area contributed by atoms with Crippen molar-refractivity contribution in [2.45, 2.75) is 32.2 Å². The van der Waals surface area contributed by atoms with Crippen LogP contribution >= 0.6 is 0 Å². The van der Waals surface area contributed by atoms with E-state index in [4.69, 9.17) is 9.47 Å². The number of hydrogen-bond donors (Lipinski definition) is 1. The normalized spacial score (nSPS) is 14.6. The summed E-state index contributed by atoms with van der Waals surface area (Å²) < 4.78 is 10.3. The van der Waals surface area contributed by atoms with Crippen LogP contribution in [-0.2, 0) is 14.3 Å². The Hall–Kier alpha value is -2.82. The van der Waals surface area contributed by atoms with Crippen LogP contribution in [0.5, 0.6) is 0 Å². The third-order valence-corrected chi connectivity index (χ3v) is 5.29. The van der Waals surface area contributed by atoms with Crippen molar-refractivity contribution in [1.82, 2.24) is 5.32 Å². The zero-order valence-electron chi connectivity index (χ0n) is 15.9. The van der Waals surface area contributed by atoms with Gasteiger partial charge >= 0.3 is 12.1 Å². The van der Waals surface area contributed by atoms with Crippen molar-refractivity contribution in [2.24, 2.45) is 5.92 Å². The summed E-state index contributed by atoms with van der Waals surface area (Å²) in [6.45, 7) is 4.07. The van der Waals surface area contributed by atoms with E-state index >= 15 is 0 Å². The zero-order valence-corrected chi connectivity index (χ0v) is 15.9. The van der Waals surface area contributed by atoms with Crippen LogP contribution in [0.2, 0.25) is 0 Å². The fourth-order valence-electron chi connectivity index (χ4n) is 3.56. The lowest BCUT2D eigenvalue weighted by Crippen LogP contribution is -2.46. The van der Waals surface area contributed by atoms with Gasteiger partial charge in [-0.25, -0.2) is 9.59 Å². The first kappa shape index (κ1) is 19.0. The van der Waals surface area contributed by atoms with Gasteiger partial charge in [-0.15, -0.1) is 0 Å². The number of amides is 1. The molecule has 0 spiro atoms. The molecule has 2 aromatic carbocycles. The largest absolute Gasteiger partial charge is 0.467 e. The minimum Gasteiger partial charge on any atom is -0.467 e. The van der Waals surface area contributed by atoms with Gasteiger partial charge in [0.2, 0.25) is 0 Å². The summed E-state index contributed by atoms with van der Waals surface area (Å²) in [6.07, 6.45) is 0.135. The van der Waals surface area contributed by atoms with Crippen molar-refractivity contribution in [3.05, 3.63) is 59.7 Å². The Labute approximate surface area is 159 Å². The maximum Gasteiger partial charge on any atom is 0.407 e. The lowest BCUT2D eigenvalue weighted by molar-refractivity contribution is -0.144. The molecule has 0 aromatic heterocycles. The van der Waals surface area contributed by atoms with Gasteiger partial charge in [0.15, 0.2) is 0 Å². The number of hydrogen-bond acceptors (Lipinski definition) is 4. The van der Waals surface area contributed by atoms with Gasteiger partial charge in [-0.3, -0.25) is 0 Å². The first-order valence-electron chi connectivity index (χ1n) is 9.26. The molecule has 27 heavy (non-hydrogen) atoms. The van der Waals surface area contributed by atoms with Crippen molar-refractivity contribution in [2.75, 3.05) is 13.7 Å². The van der Waals surface area contributed by atoms with Crippen molar-refractivity contribution < 1.29 is 19.1 Å². The standard InChI is InChI=1S/C22H25NO4/c1-4-14(2)20(21(24)26-3)23-22(25)27-13-19-17-11-7-5-9-15(17)16-10-6-8-12-18(16)19/h5-12,14,19-20H,4,13H2,1-3H3,(H,23,25)/t14?,20-/m0/s1. The third-order valence-electron chi connectivity index (χ3n) is 5.29. The number of carbonyl (C=O) groups is 2. The van der Waals surface area contributed by atoms with Crippen molar-refractivity contribution >= 4 is 12.1 Å². The number of carbonyl (C=O) groups excluding carboxylic acids is 2. The highest BCUT2D eigenvalue weighted by Crippen LogP contribution is 2.44. The minimum absolute atomic E-state index is 0.0108. The molecule has 1 aliphatic rings. The summed E-state index contributed by atoms with van der Waals surface area (Å²) in [5.41, 5.74) is 4.65. The lowest BCUT2D eigenvalue weighted by Gasteiger charge is -2.22. The van der Waals surface area contributed by atoms with Crippen LogP contribution in [0.4, 0.5) is 4.79 Å². The molecule has 2 aromatic rings. The second-order valence-corrected chi connectivity index (χ2v) is 6.86. The van der Waals surface area contributed by atoms with E-state index in [2.05, 4.69) is 29.6 Å². The van der Waals surface area contributed by atoms with Gasteiger partial charge in [-0.05, 0) is 28.2 Å². The maximum absolute atomic E-state index is 12.3. The van der Waals surface area contributed by atoms with E-state index in [1.54, 1.807) is 0 Å². The number of benzene rings is 2. The summed E-state index contributed by atoms with van der Waals surface area (Å²) in [5, 5.41) is 2.65. The highest BCUT2D eigenvalue weighted by atomic mass is 16.6. The molecule has 1 unspecified atom stereocenters. The van der Waals surface area contributed by atoms with Crippen LogP contribution in [0, 0.1) is 5.92 Å². The number of ether oxygens (including phenoxy) is 2. The molecule has 0 fully saturated rings. The third kappa shape index (κ3) is 3.82. The zero-order chi connectivity index (χ0) is 19.4. The van der Waals surface area contributed by atoms with Gasteiger partial charge in [0.05, 0.1) is 7.11 Å². The quantitative estimate of drug-likeness (QED) is 0.780. The van der Waals surface area contributed by atoms with E-state index < -0.39 is 18.1 Å². The predicted molar refractivity (Wildman–Crippen MR) is 103 cm³/mol. The van der Waals surface area contributed by atoms with Gasteiger partial charge in [0.1, 0.15) is 12.6 Å². The topological polar surface area (TPSA) is 64.6 Å². The molecule has 0 aliphatic heterocycles. The Kier molecular flexibility index (Phi) is 5.79. The highest BCUT2D eigenvalue weighted by Gasteiger charge is 2.31. The molecule has 5 nitrogen and oxygen atoms in total. The molecule has 142 valence electrons. The summed E-state index contributed by atoms with van der Waals surface area (Å²) >= 11 is 0. The van der Waals surface area contributed by atoms with Gasteiger partial charge < -0.3 is 14.8 Å². The summed E-state index contributed by atoms with van der Waals surface area (Å²) in [5.74, 6) is -0.515.